The van der Waals surface area contributed by atoms with Crippen molar-refractivity contribution in [2.75, 3.05) is 0 Å². The molecule has 58 valence electrons. The lowest BCUT2D eigenvalue weighted by molar-refractivity contribution is -0.109. The lowest BCUT2D eigenvalue weighted by atomic mass is 9.84. The van der Waals surface area contributed by atoms with Crippen LogP contribution in [0.2, 0.25) is 0 Å². The molecule has 1 saturated carbocycles. The standard InChI is InChI=1S/C9H16O/c1-4-9(2,3)8-5-7(8)6-10/h6-8H,4-5H2,1-3H3/t7-,8-/m1/s1. The molecule has 1 aliphatic rings. The molecule has 0 aromatic heterocycles. The van der Waals surface area contributed by atoms with E-state index in [4.69, 9.17) is 0 Å². The van der Waals surface area contributed by atoms with Gasteiger partial charge in [0.25, 0.3) is 0 Å². The predicted molar refractivity (Wildman–Crippen MR) is 41.7 cm³/mol. The van der Waals surface area contributed by atoms with Crippen LogP contribution in [-0.2, 0) is 4.79 Å². The normalized spacial score (nSPS) is 31.9. The van der Waals surface area contributed by atoms with Crippen LogP contribution < -0.4 is 0 Å². The maximum absolute atomic E-state index is 10.3. The number of rotatable bonds is 3. The minimum atomic E-state index is 0.384. The summed E-state index contributed by atoms with van der Waals surface area (Å²) >= 11 is 0. The zero-order valence-corrected chi connectivity index (χ0v) is 7.05. The van der Waals surface area contributed by atoms with Crippen LogP contribution in [0, 0.1) is 17.3 Å². The monoisotopic (exact) mass is 140 g/mol. The number of hydrogen-bond donors (Lipinski definition) is 0. The molecule has 0 aromatic carbocycles. The van der Waals surface area contributed by atoms with Crippen molar-refractivity contribution in [2.24, 2.45) is 17.3 Å². The van der Waals surface area contributed by atoms with Gasteiger partial charge in [-0.25, -0.2) is 0 Å². The van der Waals surface area contributed by atoms with Gasteiger partial charge in [0.2, 0.25) is 0 Å². The van der Waals surface area contributed by atoms with Gasteiger partial charge in [-0.3, -0.25) is 0 Å². The molecule has 0 aromatic rings. The molecule has 0 unspecified atom stereocenters. The number of hydrogen-bond acceptors (Lipinski definition) is 1. The second-order valence-electron chi connectivity index (χ2n) is 3.98. The molecule has 2 atom stereocenters. The molecular formula is C9H16O. The van der Waals surface area contributed by atoms with Gasteiger partial charge < -0.3 is 4.79 Å². The van der Waals surface area contributed by atoms with Gasteiger partial charge in [-0.05, 0) is 17.8 Å². The molecule has 0 N–H and O–H groups in total. The van der Waals surface area contributed by atoms with E-state index in [1.807, 2.05) is 0 Å². The van der Waals surface area contributed by atoms with E-state index in [9.17, 15) is 4.79 Å². The molecule has 1 fully saturated rings. The maximum atomic E-state index is 10.3. The fourth-order valence-corrected chi connectivity index (χ4v) is 1.53. The van der Waals surface area contributed by atoms with Gasteiger partial charge in [-0.2, -0.15) is 0 Å². The van der Waals surface area contributed by atoms with Gasteiger partial charge in [-0.15, -0.1) is 0 Å². The minimum Gasteiger partial charge on any atom is -0.303 e. The third kappa shape index (κ3) is 1.23. The summed E-state index contributed by atoms with van der Waals surface area (Å²) in [6.07, 6.45) is 3.43. The highest BCUT2D eigenvalue weighted by molar-refractivity contribution is 5.58. The van der Waals surface area contributed by atoms with Gasteiger partial charge in [0.05, 0.1) is 0 Å². The second-order valence-corrected chi connectivity index (χ2v) is 3.98. The molecule has 1 nitrogen and oxygen atoms in total. The smallest absolute Gasteiger partial charge is 0.123 e. The van der Waals surface area contributed by atoms with Gasteiger partial charge in [0.15, 0.2) is 0 Å². The summed E-state index contributed by atoms with van der Waals surface area (Å²) in [4.78, 5) is 10.3. The Balaban J connectivity index is 2.45. The third-order valence-corrected chi connectivity index (χ3v) is 2.93. The molecule has 0 amide bonds. The van der Waals surface area contributed by atoms with Gasteiger partial charge in [-0.1, -0.05) is 27.2 Å². The van der Waals surface area contributed by atoms with Crippen LogP contribution in [-0.4, -0.2) is 6.29 Å². The van der Waals surface area contributed by atoms with Crippen molar-refractivity contribution >= 4 is 6.29 Å². The Morgan fingerprint density at radius 2 is 2.20 bits per heavy atom. The summed E-state index contributed by atoms with van der Waals surface area (Å²) < 4.78 is 0. The van der Waals surface area contributed by atoms with Crippen LogP contribution >= 0.6 is 0 Å². The topological polar surface area (TPSA) is 17.1 Å². The first-order chi connectivity index (χ1) is 4.61. The molecule has 0 spiro atoms. The zero-order chi connectivity index (χ0) is 7.78. The van der Waals surface area contributed by atoms with Crippen molar-refractivity contribution in [3.63, 3.8) is 0 Å². The first-order valence-electron chi connectivity index (χ1n) is 4.07. The molecule has 0 aliphatic heterocycles. The molecule has 10 heavy (non-hydrogen) atoms. The van der Waals surface area contributed by atoms with E-state index >= 15 is 0 Å². The van der Waals surface area contributed by atoms with Gasteiger partial charge >= 0.3 is 0 Å². The van der Waals surface area contributed by atoms with Gasteiger partial charge in [0, 0.05) is 5.92 Å². The number of aldehydes is 1. The van der Waals surface area contributed by atoms with Gasteiger partial charge in [0.1, 0.15) is 6.29 Å². The van der Waals surface area contributed by atoms with Crippen LogP contribution in [0.15, 0.2) is 0 Å². The average molecular weight is 140 g/mol. The lowest BCUT2D eigenvalue weighted by Gasteiger charge is -2.21. The first-order valence-corrected chi connectivity index (χ1v) is 4.07. The molecule has 0 bridgehead atoms. The quantitative estimate of drug-likeness (QED) is 0.549. The van der Waals surface area contributed by atoms with E-state index in [1.165, 1.54) is 6.42 Å². The van der Waals surface area contributed by atoms with E-state index in [0.29, 0.717) is 17.3 Å². The predicted octanol–water partition coefficient (Wildman–Crippen LogP) is 2.26. The second kappa shape index (κ2) is 2.37. The largest absolute Gasteiger partial charge is 0.303 e. The Bertz CT molecular complexity index is 138. The van der Waals surface area contributed by atoms with E-state index in [-0.39, 0.29) is 0 Å². The van der Waals surface area contributed by atoms with Crippen molar-refractivity contribution in [2.45, 2.75) is 33.6 Å². The SMILES string of the molecule is CCC(C)(C)[C@@H]1C[C@@H]1C=O. The molecule has 1 aliphatic carbocycles. The number of carbonyl (C=O) groups is 1. The summed E-state index contributed by atoms with van der Waals surface area (Å²) in [7, 11) is 0. The maximum Gasteiger partial charge on any atom is 0.123 e. The molecular weight excluding hydrogens is 124 g/mol. The summed E-state index contributed by atoms with van der Waals surface area (Å²) in [5.41, 5.74) is 0.394. The third-order valence-electron chi connectivity index (χ3n) is 2.93. The number of carbonyl (C=O) groups excluding carboxylic acids is 1. The summed E-state index contributed by atoms with van der Waals surface area (Å²) in [6.45, 7) is 6.70. The minimum absolute atomic E-state index is 0.384. The van der Waals surface area contributed by atoms with Crippen LogP contribution in [0.25, 0.3) is 0 Å². The molecule has 0 heterocycles. The van der Waals surface area contributed by atoms with Crippen LogP contribution in [0.5, 0.6) is 0 Å². The van der Waals surface area contributed by atoms with E-state index < -0.39 is 0 Å². The Morgan fingerprint density at radius 1 is 1.60 bits per heavy atom. The van der Waals surface area contributed by atoms with Crippen LogP contribution in [0.4, 0.5) is 0 Å². The highest BCUT2D eigenvalue weighted by atomic mass is 16.1. The Labute approximate surface area is 62.8 Å². The molecule has 0 radical (unpaired) electrons. The Kier molecular flexibility index (Phi) is 1.84. The average Bonchev–Trinajstić information content (AvgIpc) is 2.66. The summed E-state index contributed by atoms with van der Waals surface area (Å²) in [6, 6.07) is 0. The summed E-state index contributed by atoms with van der Waals surface area (Å²) in [5, 5.41) is 0. The van der Waals surface area contributed by atoms with Crippen molar-refractivity contribution in [3.8, 4) is 0 Å². The van der Waals surface area contributed by atoms with Crippen molar-refractivity contribution < 1.29 is 4.79 Å². The van der Waals surface area contributed by atoms with E-state index in [0.717, 1.165) is 12.7 Å². The van der Waals surface area contributed by atoms with E-state index in [1.54, 1.807) is 0 Å². The zero-order valence-electron chi connectivity index (χ0n) is 7.05. The van der Waals surface area contributed by atoms with Crippen molar-refractivity contribution in [1.29, 1.82) is 0 Å². The highest BCUT2D eigenvalue weighted by Gasteiger charge is 2.46. The fraction of sp³-hybridized carbons (Fsp3) is 0.889. The highest BCUT2D eigenvalue weighted by Crippen LogP contribution is 2.51. The summed E-state index contributed by atoms with van der Waals surface area (Å²) in [5.74, 6) is 1.06. The van der Waals surface area contributed by atoms with E-state index in [2.05, 4.69) is 20.8 Å². The first kappa shape index (κ1) is 7.77. The Hall–Kier alpha value is -0.330. The van der Waals surface area contributed by atoms with Crippen molar-refractivity contribution in [3.05, 3.63) is 0 Å². The molecule has 1 rings (SSSR count). The van der Waals surface area contributed by atoms with Crippen LogP contribution in [0.1, 0.15) is 33.6 Å². The fourth-order valence-electron chi connectivity index (χ4n) is 1.53. The van der Waals surface area contributed by atoms with Crippen LogP contribution in [0.3, 0.4) is 0 Å². The molecule has 0 saturated heterocycles. The Morgan fingerprint density at radius 3 is 2.50 bits per heavy atom. The molecule has 1 heteroatoms. The lowest BCUT2D eigenvalue weighted by Crippen LogP contribution is -2.13. The van der Waals surface area contributed by atoms with Crippen molar-refractivity contribution in [1.82, 2.24) is 0 Å².